The summed E-state index contributed by atoms with van der Waals surface area (Å²) in [6, 6.07) is 0. The van der Waals surface area contributed by atoms with Crippen molar-refractivity contribution in [2.24, 2.45) is 0 Å². The van der Waals surface area contributed by atoms with Gasteiger partial charge in [0.2, 0.25) is 0 Å². The molecule has 0 saturated carbocycles. The Hall–Kier alpha value is -1.82. The summed E-state index contributed by atoms with van der Waals surface area (Å²) in [7, 11) is 5.07. The van der Waals surface area contributed by atoms with E-state index < -0.39 is 11.9 Å². The van der Waals surface area contributed by atoms with Gasteiger partial charge in [0, 0.05) is 39.6 Å². The molecule has 0 radical (unpaired) electrons. The van der Waals surface area contributed by atoms with Gasteiger partial charge in [0.15, 0.2) is 0 Å². The van der Waals surface area contributed by atoms with Crippen LogP contribution in [-0.2, 0) is 19.1 Å². The van der Waals surface area contributed by atoms with Gasteiger partial charge in [-0.2, -0.15) is 0 Å². The normalized spacial score (nSPS) is 9.12. The van der Waals surface area contributed by atoms with Gasteiger partial charge in [-0.3, -0.25) is 0 Å². The minimum Gasteiger partial charge on any atom is -0.478 e. The molecule has 0 aromatic rings. The van der Waals surface area contributed by atoms with Crippen LogP contribution in [0.25, 0.3) is 0 Å². The lowest BCUT2D eigenvalue weighted by molar-refractivity contribution is -0.139. The molecule has 0 aliphatic heterocycles. The van der Waals surface area contributed by atoms with Crippen LogP contribution < -0.4 is 0 Å². The third-order valence-corrected chi connectivity index (χ3v) is 1.21. The van der Waals surface area contributed by atoms with Gasteiger partial charge in [0.1, 0.15) is 6.61 Å². The first kappa shape index (κ1) is 17.6. The first-order chi connectivity index (χ1) is 7.93. The van der Waals surface area contributed by atoms with E-state index in [9.17, 15) is 9.59 Å². The number of carbonyl (C=O) groups is 2. The Kier molecular flexibility index (Phi) is 12.7. The Morgan fingerprint density at radius 2 is 1.94 bits per heavy atom. The van der Waals surface area contributed by atoms with Crippen LogP contribution in [-0.4, -0.2) is 56.4 Å². The van der Waals surface area contributed by atoms with Crippen molar-refractivity contribution in [3.05, 3.63) is 24.9 Å². The van der Waals surface area contributed by atoms with Crippen LogP contribution in [0.15, 0.2) is 24.9 Å². The number of carboxylic acid groups (broad SMARTS) is 1. The number of rotatable bonds is 6. The molecule has 0 spiro atoms. The van der Waals surface area contributed by atoms with Crippen molar-refractivity contribution in [3.8, 4) is 0 Å². The maximum Gasteiger partial charge on any atom is 0.330 e. The molecule has 0 rings (SSSR count). The summed E-state index contributed by atoms with van der Waals surface area (Å²) < 4.78 is 9.17. The summed E-state index contributed by atoms with van der Waals surface area (Å²) in [4.78, 5) is 21.7. The van der Waals surface area contributed by atoms with E-state index in [0.717, 1.165) is 12.2 Å². The van der Waals surface area contributed by atoms with Gasteiger partial charge in [0.25, 0.3) is 0 Å². The second-order valence-electron chi connectivity index (χ2n) is 2.98. The van der Waals surface area contributed by atoms with Gasteiger partial charge in [0.05, 0.1) is 6.61 Å². The van der Waals surface area contributed by atoms with Gasteiger partial charge in [-0.1, -0.05) is 6.58 Å². The second-order valence-corrected chi connectivity index (χ2v) is 2.98. The third kappa shape index (κ3) is 20.3. The zero-order valence-electron chi connectivity index (χ0n) is 10.4. The van der Waals surface area contributed by atoms with Crippen molar-refractivity contribution in [2.45, 2.75) is 0 Å². The number of hydrogen-bond donors (Lipinski definition) is 1. The zero-order chi connectivity index (χ0) is 13.7. The molecule has 0 aromatic carbocycles. The van der Waals surface area contributed by atoms with Crippen molar-refractivity contribution in [1.82, 2.24) is 4.90 Å². The average molecular weight is 245 g/mol. The van der Waals surface area contributed by atoms with Crippen molar-refractivity contribution >= 4 is 11.9 Å². The highest BCUT2D eigenvalue weighted by molar-refractivity contribution is 5.81. The lowest BCUT2D eigenvalue weighted by Crippen LogP contribution is -2.06. The lowest BCUT2D eigenvalue weighted by atomic mass is 10.6. The van der Waals surface area contributed by atoms with E-state index in [1.165, 1.54) is 6.20 Å². The van der Waals surface area contributed by atoms with Crippen LogP contribution in [0, 0.1) is 0 Å². The van der Waals surface area contributed by atoms with Crippen LogP contribution in [0.5, 0.6) is 0 Å². The summed E-state index contributed by atoms with van der Waals surface area (Å²) in [6.07, 6.45) is 3.68. The Balaban J connectivity index is 0. The largest absolute Gasteiger partial charge is 0.478 e. The summed E-state index contributed by atoms with van der Waals surface area (Å²) in [5, 5.41) is 8.05. The lowest BCUT2D eigenvalue weighted by Gasteiger charge is -2.00. The number of nitrogens with zero attached hydrogens (tertiary/aromatic N) is 1. The molecule has 0 heterocycles. The molecule has 0 aliphatic rings. The fourth-order valence-electron chi connectivity index (χ4n) is 0.497. The molecular weight excluding hydrogens is 226 g/mol. The molecule has 0 aromatic heterocycles. The number of esters is 1. The van der Waals surface area contributed by atoms with Crippen LogP contribution in [0.4, 0.5) is 0 Å². The Labute approximate surface area is 101 Å². The van der Waals surface area contributed by atoms with Crippen LogP contribution in [0.3, 0.4) is 0 Å². The number of carboxylic acids is 1. The quantitative estimate of drug-likeness (QED) is 0.417. The van der Waals surface area contributed by atoms with Crippen molar-refractivity contribution in [3.63, 3.8) is 0 Å². The second kappa shape index (κ2) is 12.3. The molecule has 0 atom stereocenters. The van der Waals surface area contributed by atoms with E-state index in [0.29, 0.717) is 13.2 Å². The average Bonchev–Trinajstić information content (AvgIpc) is 2.27. The minimum absolute atomic E-state index is 0.293. The zero-order valence-corrected chi connectivity index (χ0v) is 10.4. The number of methoxy groups -OCH3 is 1. The summed E-state index contributed by atoms with van der Waals surface area (Å²) in [5.74, 6) is -1.33. The molecule has 1 N–H and O–H groups in total. The highest BCUT2D eigenvalue weighted by Gasteiger charge is 1.91. The fourth-order valence-corrected chi connectivity index (χ4v) is 0.497. The van der Waals surface area contributed by atoms with Gasteiger partial charge >= 0.3 is 11.9 Å². The maximum atomic E-state index is 10.3. The van der Waals surface area contributed by atoms with Crippen molar-refractivity contribution in [1.29, 1.82) is 0 Å². The molecule has 0 amide bonds. The monoisotopic (exact) mass is 245 g/mol. The first-order valence-electron chi connectivity index (χ1n) is 4.79. The fraction of sp³-hybridized carbons (Fsp3) is 0.455. The third-order valence-electron chi connectivity index (χ3n) is 1.21. The standard InChI is InChI=1S/C6H10O3.C5H9NO2/c1-3-6(7)9-5-4-8-2;1-6(2)4-3-5(7)8/h3H,1,4-5H2,2H3;3-4H,1-2H3,(H,7,8). The van der Waals surface area contributed by atoms with E-state index in [1.807, 2.05) is 0 Å². The molecule has 0 fully saturated rings. The van der Waals surface area contributed by atoms with Gasteiger partial charge < -0.3 is 19.5 Å². The molecule has 0 saturated heterocycles. The molecule has 0 aliphatic carbocycles. The number of carbonyl (C=O) groups excluding carboxylic acids is 1. The predicted octanol–water partition coefficient (Wildman–Crippen LogP) is 0.508. The molecule has 6 heteroatoms. The molecule has 98 valence electrons. The summed E-state index contributed by atoms with van der Waals surface area (Å²) >= 11 is 0. The van der Waals surface area contributed by atoms with Gasteiger partial charge in [-0.05, 0) is 0 Å². The number of hydrogen-bond acceptors (Lipinski definition) is 5. The van der Waals surface area contributed by atoms with E-state index >= 15 is 0 Å². The SMILES string of the molecule is C=CC(=O)OCCOC.CN(C)C=CC(=O)O. The van der Waals surface area contributed by atoms with Crippen LogP contribution in [0.1, 0.15) is 0 Å². The van der Waals surface area contributed by atoms with E-state index in [2.05, 4.69) is 16.1 Å². The smallest absolute Gasteiger partial charge is 0.330 e. The molecule has 0 bridgehead atoms. The van der Waals surface area contributed by atoms with Crippen LogP contribution >= 0.6 is 0 Å². The predicted molar refractivity (Wildman–Crippen MR) is 63.5 cm³/mol. The number of ether oxygens (including phenoxy) is 2. The Morgan fingerprint density at radius 3 is 2.24 bits per heavy atom. The molecule has 0 unspecified atom stereocenters. The van der Waals surface area contributed by atoms with E-state index in [4.69, 9.17) is 5.11 Å². The molecular formula is C11H19NO5. The summed E-state index contributed by atoms with van der Waals surface area (Å²) in [5.41, 5.74) is 0. The van der Waals surface area contributed by atoms with Crippen LogP contribution in [0.2, 0.25) is 0 Å². The molecule has 17 heavy (non-hydrogen) atoms. The van der Waals surface area contributed by atoms with Crippen molar-refractivity contribution in [2.75, 3.05) is 34.4 Å². The minimum atomic E-state index is -0.918. The highest BCUT2D eigenvalue weighted by atomic mass is 16.6. The Morgan fingerprint density at radius 1 is 1.35 bits per heavy atom. The topological polar surface area (TPSA) is 76.1 Å². The van der Waals surface area contributed by atoms with Crippen molar-refractivity contribution < 1.29 is 24.2 Å². The first-order valence-corrected chi connectivity index (χ1v) is 4.79. The maximum absolute atomic E-state index is 10.3. The summed E-state index contributed by atoms with van der Waals surface area (Å²) in [6.45, 7) is 3.95. The number of aliphatic carboxylic acids is 1. The van der Waals surface area contributed by atoms with Gasteiger partial charge in [-0.25, -0.2) is 9.59 Å². The highest BCUT2D eigenvalue weighted by Crippen LogP contribution is 1.78. The Bertz CT molecular complexity index is 261. The molecule has 6 nitrogen and oxygen atoms in total. The van der Waals surface area contributed by atoms with E-state index in [1.54, 1.807) is 26.1 Å². The van der Waals surface area contributed by atoms with Gasteiger partial charge in [-0.15, -0.1) is 0 Å². The van der Waals surface area contributed by atoms with E-state index in [-0.39, 0.29) is 0 Å².